The van der Waals surface area contributed by atoms with Crippen molar-refractivity contribution < 1.29 is 0 Å². The molecule has 0 aliphatic carbocycles. The first-order valence-electron chi connectivity index (χ1n) is 9.57. The smallest absolute Gasteiger partial charge is 0.191 e. The first-order valence-corrected chi connectivity index (χ1v) is 9.95. The van der Waals surface area contributed by atoms with Crippen molar-refractivity contribution in [1.82, 2.24) is 15.6 Å². The quantitative estimate of drug-likeness (QED) is 0.596. The molecule has 6 nitrogen and oxygen atoms in total. The average molecular weight is 401 g/mol. The topological polar surface area (TPSA) is 55.8 Å². The van der Waals surface area contributed by atoms with Crippen LogP contribution in [0.25, 0.3) is 0 Å². The van der Waals surface area contributed by atoms with Crippen LogP contribution in [0.15, 0.2) is 41.5 Å². The second kappa shape index (κ2) is 9.15. The number of benzene rings is 1. The van der Waals surface area contributed by atoms with E-state index in [2.05, 4.69) is 69.6 Å². The van der Waals surface area contributed by atoms with Gasteiger partial charge in [-0.05, 0) is 48.7 Å². The highest BCUT2D eigenvalue weighted by Crippen LogP contribution is 2.25. The van der Waals surface area contributed by atoms with E-state index in [0.717, 1.165) is 37.8 Å². The molecule has 1 atom stereocenters. The fourth-order valence-electron chi connectivity index (χ4n) is 3.40. The van der Waals surface area contributed by atoms with Crippen molar-refractivity contribution in [3.63, 3.8) is 0 Å². The Kier molecular flexibility index (Phi) is 6.62. The van der Waals surface area contributed by atoms with Crippen molar-refractivity contribution >= 4 is 29.1 Å². The minimum absolute atomic E-state index is 0.307. The summed E-state index contributed by atoms with van der Waals surface area (Å²) in [6.07, 6.45) is 2.80. The lowest BCUT2D eigenvalue weighted by Gasteiger charge is -2.21. The highest BCUT2D eigenvalue weighted by atomic mass is 35.5. The van der Waals surface area contributed by atoms with Crippen molar-refractivity contribution in [3.05, 3.63) is 52.7 Å². The van der Waals surface area contributed by atoms with Crippen LogP contribution in [0, 0.1) is 6.92 Å². The van der Waals surface area contributed by atoms with Crippen LogP contribution in [0.1, 0.15) is 17.5 Å². The van der Waals surface area contributed by atoms with E-state index in [4.69, 9.17) is 11.6 Å². The molecule has 2 aromatic rings. The molecule has 28 heavy (non-hydrogen) atoms. The van der Waals surface area contributed by atoms with Gasteiger partial charge >= 0.3 is 0 Å². The van der Waals surface area contributed by atoms with Crippen LogP contribution in [0.5, 0.6) is 0 Å². The van der Waals surface area contributed by atoms with Gasteiger partial charge in [0.1, 0.15) is 5.82 Å². The van der Waals surface area contributed by atoms with E-state index in [0.29, 0.717) is 11.1 Å². The van der Waals surface area contributed by atoms with Gasteiger partial charge < -0.3 is 20.4 Å². The van der Waals surface area contributed by atoms with Gasteiger partial charge in [0.2, 0.25) is 0 Å². The summed E-state index contributed by atoms with van der Waals surface area (Å²) in [5.74, 6) is 1.67. The summed E-state index contributed by atoms with van der Waals surface area (Å²) in [4.78, 5) is 13.1. The Bertz CT molecular complexity index is 835. The SMILES string of the molecule is CN=C(NCc1ccc(N(C)C)cc1C)NC1CCN(c2ncccc2Cl)C1. The second-order valence-electron chi connectivity index (χ2n) is 7.32. The largest absolute Gasteiger partial charge is 0.378 e. The lowest BCUT2D eigenvalue weighted by molar-refractivity contribution is 0.648. The Morgan fingerprint density at radius 1 is 1.36 bits per heavy atom. The van der Waals surface area contributed by atoms with E-state index < -0.39 is 0 Å². The number of halogens is 1. The normalized spacial score (nSPS) is 17.0. The number of aromatic nitrogens is 1. The van der Waals surface area contributed by atoms with Crippen LogP contribution in [0.2, 0.25) is 5.02 Å². The van der Waals surface area contributed by atoms with Crippen molar-refractivity contribution in [2.45, 2.75) is 25.9 Å². The lowest BCUT2D eigenvalue weighted by Crippen LogP contribution is -2.44. The number of rotatable bonds is 5. The Balaban J connectivity index is 1.55. The first kappa shape index (κ1) is 20.3. The number of aliphatic imine (C=N–C) groups is 1. The Labute approximate surface area is 172 Å². The van der Waals surface area contributed by atoms with Gasteiger partial charge in [0.05, 0.1) is 5.02 Å². The van der Waals surface area contributed by atoms with E-state index in [9.17, 15) is 0 Å². The van der Waals surface area contributed by atoms with E-state index in [1.807, 2.05) is 12.1 Å². The zero-order valence-corrected chi connectivity index (χ0v) is 17.8. The third kappa shape index (κ3) is 4.87. The fraction of sp³-hybridized carbons (Fsp3) is 0.429. The molecule has 1 aromatic carbocycles. The molecule has 1 aliphatic rings. The van der Waals surface area contributed by atoms with Crippen molar-refractivity contribution in [3.8, 4) is 0 Å². The number of nitrogens with zero attached hydrogens (tertiary/aromatic N) is 4. The minimum Gasteiger partial charge on any atom is -0.378 e. The van der Waals surface area contributed by atoms with Crippen LogP contribution < -0.4 is 20.4 Å². The molecule has 1 aliphatic heterocycles. The summed E-state index contributed by atoms with van der Waals surface area (Å²) in [6.45, 7) is 4.66. The molecule has 1 saturated heterocycles. The van der Waals surface area contributed by atoms with Crippen molar-refractivity contribution in [1.29, 1.82) is 0 Å². The molecule has 1 fully saturated rings. The average Bonchev–Trinajstić information content (AvgIpc) is 3.14. The standard InChI is InChI=1S/C21H29ClN6/c1-15-12-18(27(3)4)8-7-16(15)13-25-21(23-2)26-17-9-11-28(14-17)20-19(22)6-5-10-24-20/h5-8,10,12,17H,9,11,13-14H2,1-4H3,(H2,23,25,26). The fourth-order valence-corrected chi connectivity index (χ4v) is 3.65. The van der Waals surface area contributed by atoms with Crippen LogP contribution in [0.3, 0.4) is 0 Å². The van der Waals surface area contributed by atoms with E-state index in [1.54, 1.807) is 13.2 Å². The number of hydrogen-bond acceptors (Lipinski definition) is 4. The molecule has 7 heteroatoms. The number of pyridine rings is 1. The lowest BCUT2D eigenvalue weighted by atomic mass is 10.1. The zero-order chi connectivity index (χ0) is 20.1. The number of aryl methyl sites for hydroxylation is 1. The van der Waals surface area contributed by atoms with Crippen molar-refractivity contribution in [2.75, 3.05) is 44.0 Å². The third-order valence-electron chi connectivity index (χ3n) is 5.08. The molecule has 3 rings (SSSR count). The van der Waals surface area contributed by atoms with Gasteiger partial charge in [-0.25, -0.2) is 4.98 Å². The monoisotopic (exact) mass is 400 g/mol. The summed E-state index contributed by atoms with van der Waals surface area (Å²) in [6, 6.07) is 10.6. The maximum atomic E-state index is 6.28. The molecule has 0 amide bonds. The molecule has 0 radical (unpaired) electrons. The summed E-state index contributed by atoms with van der Waals surface area (Å²) in [5.41, 5.74) is 3.75. The summed E-state index contributed by atoms with van der Waals surface area (Å²) >= 11 is 6.28. The summed E-state index contributed by atoms with van der Waals surface area (Å²) in [7, 11) is 5.92. The van der Waals surface area contributed by atoms with E-state index >= 15 is 0 Å². The molecule has 1 aromatic heterocycles. The zero-order valence-electron chi connectivity index (χ0n) is 17.0. The molecule has 2 heterocycles. The van der Waals surface area contributed by atoms with Gasteiger partial charge in [-0.3, -0.25) is 4.99 Å². The van der Waals surface area contributed by atoms with Gasteiger partial charge in [0, 0.05) is 58.7 Å². The molecular formula is C21H29ClN6. The van der Waals surface area contributed by atoms with Gasteiger partial charge in [0.15, 0.2) is 5.96 Å². The number of anilines is 2. The molecule has 1 unspecified atom stereocenters. The molecular weight excluding hydrogens is 372 g/mol. The van der Waals surface area contributed by atoms with E-state index in [-0.39, 0.29) is 0 Å². The minimum atomic E-state index is 0.307. The summed E-state index contributed by atoms with van der Waals surface area (Å²) < 4.78 is 0. The van der Waals surface area contributed by atoms with Gasteiger partial charge in [-0.1, -0.05) is 17.7 Å². The molecule has 0 bridgehead atoms. The predicted octanol–water partition coefficient (Wildman–Crippen LogP) is 3.05. The highest BCUT2D eigenvalue weighted by Gasteiger charge is 2.25. The number of guanidine groups is 1. The molecule has 0 saturated carbocycles. The van der Waals surface area contributed by atoms with Crippen LogP contribution in [-0.2, 0) is 6.54 Å². The Morgan fingerprint density at radius 2 is 2.18 bits per heavy atom. The summed E-state index contributed by atoms with van der Waals surface area (Å²) in [5, 5.41) is 7.65. The van der Waals surface area contributed by atoms with E-state index in [1.165, 1.54) is 16.8 Å². The molecule has 0 spiro atoms. The highest BCUT2D eigenvalue weighted by molar-refractivity contribution is 6.32. The Morgan fingerprint density at radius 3 is 2.86 bits per heavy atom. The van der Waals surface area contributed by atoms with Gasteiger partial charge in [-0.15, -0.1) is 0 Å². The van der Waals surface area contributed by atoms with Crippen LogP contribution in [0.4, 0.5) is 11.5 Å². The predicted molar refractivity (Wildman–Crippen MR) is 119 cm³/mol. The third-order valence-corrected chi connectivity index (χ3v) is 5.38. The first-order chi connectivity index (χ1) is 13.5. The van der Waals surface area contributed by atoms with Crippen molar-refractivity contribution in [2.24, 2.45) is 4.99 Å². The maximum Gasteiger partial charge on any atom is 0.191 e. The number of nitrogens with one attached hydrogen (secondary N) is 2. The second-order valence-corrected chi connectivity index (χ2v) is 7.72. The number of hydrogen-bond donors (Lipinski definition) is 2. The Hall–Kier alpha value is -2.47. The van der Waals surface area contributed by atoms with Gasteiger partial charge in [-0.2, -0.15) is 0 Å². The van der Waals surface area contributed by atoms with Crippen LogP contribution in [-0.4, -0.2) is 51.2 Å². The maximum absolute atomic E-state index is 6.28. The van der Waals surface area contributed by atoms with Gasteiger partial charge in [0.25, 0.3) is 0 Å². The van der Waals surface area contributed by atoms with Crippen LogP contribution >= 0.6 is 11.6 Å². The molecule has 2 N–H and O–H groups in total. The molecule has 150 valence electrons.